The Hall–Kier alpha value is -3.82. The van der Waals surface area contributed by atoms with Crippen LogP contribution in [0.2, 0.25) is 0 Å². The molecule has 0 atom stereocenters. The molecule has 0 N–H and O–H groups in total. The Morgan fingerprint density at radius 1 is 1.03 bits per heavy atom. The van der Waals surface area contributed by atoms with Crippen molar-refractivity contribution in [2.45, 2.75) is 32.3 Å². The largest absolute Gasteiger partial charge is 0.493 e. The number of benzene rings is 1. The number of nitrogens with zero attached hydrogens (tertiary/aromatic N) is 4. The first kappa shape index (κ1) is 23.3. The number of methoxy groups -OCH3 is 1. The number of halogens is 2. The number of carbonyl (C=O) groups is 1. The Bertz CT molecular complexity index is 1120. The number of aryl methyl sites for hydroxylation is 1. The SMILES string of the molecule is COc1cc(C(=O)N2CCC(c3ccc(C)nn3)CC2)ncc1Oc1ccc(OC(F)F)cc1. The minimum atomic E-state index is -2.90. The number of aromatic nitrogens is 3. The van der Waals surface area contributed by atoms with E-state index < -0.39 is 6.61 Å². The van der Waals surface area contributed by atoms with Gasteiger partial charge in [0.2, 0.25) is 0 Å². The molecule has 10 heteroatoms. The van der Waals surface area contributed by atoms with E-state index in [2.05, 4.69) is 19.9 Å². The van der Waals surface area contributed by atoms with Crippen molar-refractivity contribution in [2.24, 2.45) is 0 Å². The lowest BCUT2D eigenvalue weighted by atomic mass is 9.93. The molecule has 2 aromatic heterocycles. The van der Waals surface area contributed by atoms with Gasteiger partial charge in [0.05, 0.1) is 24.7 Å². The van der Waals surface area contributed by atoms with Crippen LogP contribution in [0.1, 0.15) is 40.6 Å². The van der Waals surface area contributed by atoms with Gasteiger partial charge in [0.25, 0.3) is 5.91 Å². The van der Waals surface area contributed by atoms with Crippen LogP contribution in [0.3, 0.4) is 0 Å². The van der Waals surface area contributed by atoms with Crippen molar-refractivity contribution in [1.29, 1.82) is 0 Å². The lowest BCUT2D eigenvalue weighted by molar-refractivity contribution is -0.0498. The summed E-state index contributed by atoms with van der Waals surface area (Å²) in [6.07, 6.45) is 3.00. The van der Waals surface area contributed by atoms with Crippen molar-refractivity contribution in [3.05, 3.63) is 65.7 Å². The van der Waals surface area contributed by atoms with E-state index in [-0.39, 0.29) is 23.3 Å². The average molecular weight is 470 g/mol. The van der Waals surface area contributed by atoms with Gasteiger partial charge in [-0.2, -0.15) is 19.0 Å². The quantitative estimate of drug-likeness (QED) is 0.499. The molecule has 0 radical (unpaired) electrons. The zero-order valence-electron chi connectivity index (χ0n) is 18.8. The van der Waals surface area contributed by atoms with Gasteiger partial charge in [-0.1, -0.05) is 0 Å². The Balaban J connectivity index is 1.40. The molecule has 0 unspecified atom stereocenters. The van der Waals surface area contributed by atoms with Crippen molar-refractivity contribution >= 4 is 5.91 Å². The lowest BCUT2D eigenvalue weighted by Crippen LogP contribution is -2.38. The fourth-order valence-electron chi connectivity index (χ4n) is 3.76. The Kier molecular flexibility index (Phi) is 7.15. The van der Waals surface area contributed by atoms with E-state index in [1.54, 1.807) is 4.90 Å². The van der Waals surface area contributed by atoms with E-state index in [9.17, 15) is 13.6 Å². The Morgan fingerprint density at radius 2 is 1.74 bits per heavy atom. The molecule has 1 aromatic carbocycles. The van der Waals surface area contributed by atoms with Crippen LogP contribution in [0.15, 0.2) is 48.7 Å². The number of alkyl halides is 2. The molecule has 178 valence electrons. The molecule has 34 heavy (non-hydrogen) atoms. The zero-order chi connectivity index (χ0) is 24.1. The minimum Gasteiger partial charge on any atom is -0.493 e. The first-order valence-electron chi connectivity index (χ1n) is 10.8. The summed E-state index contributed by atoms with van der Waals surface area (Å²) in [6, 6.07) is 11.2. The van der Waals surface area contributed by atoms with E-state index in [4.69, 9.17) is 9.47 Å². The summed E-state index contributed by atoms with van der Waals surface area (Å²) >= 11 is 0. The molecule has 0 bridgehead atoms. The first-order chi connectivity index (χ1) is 16.4. The summed E-state index contributed by atoms with van der Waals surface area (Å²) < 4.78 is 40.1. The number of pyridine rings is 1. The van der Waals surface area contributed by atoms with Crippen LogP contribution in [-0.2, 0) is 0 Å². The number of hydrogen-bond acceptors (Lipinski definition) is 7. The van der Waals surface area contributed by atoms with Gasteiger partial charge in [0.15, 0.2) is 11.5 Å². The lowest BCUT2D eigenvalue weighted by Gasteiger charge is -2.31. The first-order valence-corrected chi connectivity index (χ1v) is 10.8. The average Bonchev–Trinajstić information content (AvgIpc) is 2.85. The summed E-state index contributed by atoms with van der Waals surface area (Å²) in [5.74, 6) is 1.10. The number of likely N-dealkylation sites (tertiary alicyclic amines) is 1. The van der Waals surface area contributed by atoms with E-state index in [1.807, 2.05) is 19.1 Å². The van der Waals surface area contributed by atoms with Crippen LogP contribution < -0.4 is 14.2 Å². The van der Waals surface area contributed by atoms with Crippen LogP contribution in [0.4, 0.5) is 8.78 Å². The highest BCUT2D eigenvalue weighted by Crippen LogP contribution is 2.33. The normalized spacial score (nSPS) is 14.2. The van der Waals surface area contributed by atoms with Crippen molar-refractivity contribution < 1.29 is 27.8 Å². The van der Waals surface area contributed by atoms with Gasteiger partial charge in [0.1, 0.15) is 17.2 Å². The van der Waals surface area contributed by atoms with Gasteiger partial charge in [-0.3, -0.25) is 4.79 Å². The van der Waals surface area contributed by atoms with Gasteiger partial charge in [-0.05, 0) is 56.2 Å². The number of carbonyl (C=O) groups excluding carboxylic acids is 1. The number of ether oxygens (including phenoxy) is 3. The second-order valence-corrected chi connectivity index (χ2v) is 7.84. The van der Waals surface area contributed by atoms with Crippen LogP contribution in [0.25, 0.3) is 0 Å². The number of hydrogen-bond donors (Lipinski definition) is 0. The van der Waals surface area contributed by atoms with Crippen LogP contribution >= 0.6 is 0 Å². The van der Waals surface area contributed by atoms with Gasteiger partial charge in [0, 0.05) is 25.1 Å². The third kappa shape index (κ3) is 5.56. The molecule has 0 spiro atoms. The van der Waals surface area contributed by atoms with Crippen molar-refractivity contribution in [1.82, 2.24) is 20.1 Å². The van der Waals surface area contributed by atoms with Crippen LogP contribution in [-0.4, -0.2) is 52.8 Å². The van der Waals surface area contributed by atoms with E-state index >= 15 is 0 Å². The van der Waals surface area contributed by atoms with Crippen molar-refractivity contribution in [2.75, 3.05) is 20.2 Å². The van der Waals surface area contributed by atoms with E-state index in [1.165, 1.54) is 43.6 Å². The molecular formula is C24H24F2N4O4. The molecular weight excluding hydrogens is 446 g/mol. The second kappa shape index (κ2) is 10.4. The Morgan fingerprint density at radius 3 is 2.35 bits per heavy atom. The molecule has 8 nitrogen and oxygen atoms in total. The molecule has 1 aliphatic heterocycles. The standard InChI is InChI=1S/C24H24F2N4O4/c1-15-3-8-19(29-28-15)16-9-11-30(12-10-16)23(31)20-13-21(32-2)22(14-27-20)33-17-4-6-18(7-5-17)34-24(25)26/h3-8,13-14,16,24H,9-12H2,1-2H3. The molecule has 3 heterocycles. The molecule has 1 saturated heterocycles. The summed E-state index contributed by atoms with van der Waals surface area (Å²) in [5.41, 5.74) is 2.08. The van der Waals surface area contributed by atoms with Gasteiger partial charge in [-0.15, -0.1) is 0 Å². The van der Waals surface area contributed by atoms with Crippen molar-refractivity contribution in [3.8, 4) is 23.0 Å². The zero-order valence-corrected chi connectivity index (χ0v) is 18.8. The van der Waals surface area contributed by atoms with Gasteiger partial charge >= 0.3 is 6.61 Å². The van der Waals surface area contributed by atoms with Crippen LogP contribution in [0, 0.1) is 6.92 Å². The second-order valence-electron chi connectivity index (χ2n) is 7.84. The smallest absolute Gasteiger partial charge is 0.387 e. The molecule has 1 amide bonds. The summed E-state index contributed by atoms with van der Waals surface area (Å²) in [4.78, 5) is 19.0. The molecule has 0 aliphatic carbocycles. The van der Waals surface area contributed by atoms with Gasteiger partial charge in [-0.25, -0.2) is 4.98 Å². The van der Waals surface area contributed by atoms with Crippen LogP contribution in [0.5, 0.6) is 23.0 Å². The highest BCUT2D eigenvalue weighted by atomic mass is 19.3. The molecule has 4 rings (SSSR count). The predicted molar refractivity (Wildman–Crippen MR) is 119 cm³/mol. The predicted octanol–water partition coefficient (Wildman–Crippen LogP) is 4.60. The highest BCUT2D eigenvalue weighted by Gasteiger charge is 2.27. The summed E-state index contributed by atoms with van der Waals surface area (Å²) in [5, 5.41) is 8.40. The maximum atomic E-state index is 13.0. The maximum absolute atomic E-state index is 13.0. The van der Waals surface area contributed by atoms with Crippen molar-refractivity contribution in [3.63, 3.8) is 0 Å². The Labute approximate surface area is 195 Å². The van der Waals surface area contributed by atoms with E-state index in [0.717, 1.165) is 24.2 Å². The maximum Gasteiger partial charge on any atom is 0.387 e. The third-order valence-electron chi connectivity index (χ3n) is 5.57. The fourth-order valence-corrected chi connectivity index (χ4v) is 3.76. The molecule has 0 saturated carbocycles. The fraction of sp³-hybridized carbons (Fsp3) is 0.333. The summed E-state index contributed by atoms with van der Waals surface area (Å²) in [7, 11) is 1.46. The van der Waals surface area contributed by atoms with E-state index in [0.29, 0.717) is 30.3 Å². The molecule has 1 fully saturated rings. The number of amides is 1. The topological polar surface area (TPSA) is 86.7 Å². The number of rotatable bonds is 7. The summed E-state index contributed by atoms with van der Waals surface area (Å²) in [6.45, 7) is 0.183. The molecule has 3 aromatic rings. The van der Waals surface area contributed by atoms with Gasteiger partial charge < -0.3 is 19.1 Å². The monoisotopic (exact) mass is 470 g/mol. The highest BCUT2D eigenvalue weighted by molar-refractivity contribution is 5.93. The third-order valence-corrected chi connectivity index (χ3v) is 5.57. The minimum absolute atomic E-state index is 0.0200. The number of piperidine rings is 1. The molecule has 1 aliphatic rings.